The second-order valence-electron chi connectivity index (χ2n) is 7.38. The van der Waals surface area contributed by atoms with E-state index in [-0.39, 0.29) is 11.5 Å². The van der Waals surface area contributed by atoms with Gasteiger partial charge in [0.25, 0.3) is 0 Å². The number of benzene rings is 1. The third kappa shape index (κ3) is 2.37. The van der Waals surface area contributed by atoms with Gasteiger partial charge in [0, 0.05) is 23.2 Å². The first-order valence-electron chi connectivity index (χ1n) is 9.10. The van der Waals surface area contributed by atoms with Crippen molar-refractivity contribution in [1.82, 2.24) is 14.9 Å². The van der Waals surface area contributed by atoms with E-state index >= 15 is 0 Å². The van der Waals surface area contributed by atoms with Crippen molar-refractivity contribution in [3.63, 3.8) is 0 Å². The standard InChI is InChI=1S/C20H21N3O2/c24-19(15-8-4-5-9-15)23-12-20(13-23)16-10-21-18(22-17(16)11-25-20)14-6-2-1-3-7-14/h1-3,6-7,10,15H,4-5,8-9,11-13H2. The van der Waals surface area contributed by atoms with Crippen molar-refractivity contribution in [2.24, 2.45) is 5.92 Å². The van der Waals surface area contributed by atoms with Crippen molar-refractivity contribution in [2.45, 2.75) is 37.9 Å². The lowest BCUT2D eigenvalue weighted by Gasteiger charge is -2.48. The van der Waals surface area contributed by atoms with Gasteiger partial charge in [-0.15, -0.1) is 0 Å². The summed E-state index contributed by atoms with van der Waals surface area (Å²) in [5.41, 5.74) is 2.65. The van der Waals surface area contributed by atoms with E-state index in [0.29, 0.717) is 25.6 Å². The normalized spacial score (nSPS) is 21.4. The average molecular weight is 335 g/mol. The molecule has 5 nitrogen and oxygen atoms in total. The van der Waals surface area contributed by atoms with Gasteiger partial charge in [-0.25, -0.2) is 9.97 Å². The number of aromatic nitrogens is 2. The molecular formula is C20H21N3O2. The van der Waals surface area contributed by atoms with E-state index in [2.05, 4.69) is 4.98 Å². The van der Waals surface area contributed by atoms with Gasteiger partial charge in [0.05, 0.1) is 25.4 Å². The molecule has 1 amide bonds. The summed E-state index contributed by atoms with van der Waals surface area (Å²) < 4.78 is 6.08. The molecule has 1 aliphatic carbocycles. The number of carbonyl (C=O) groups is 1. The lowest BCUT2D eigenvalue weighted by molar-refractivity contribution is -0.172. The van der Waals surface area contributed by atoms with E-state index in [1.54, 1.807) is 0 Å². The van der Waals surface area contributed by atoms with Gasteiger partial charge in [-0.3, -0.25) is 4.79 Å². The highest BCUT2D eigenvalue weighted by Crippen LogP contribution is 2.44. The third-order valence-corrected chi connectivity index (χ3v) is 5.78. The summed E-state index contributed by atoms with van der Waals surface area (Å²) in [5, 5.41) is 0. The molecule has 0 atom stereocenters. The van der Waals surface area contributed by atoms with E-state index in [1.807, 2.05) is 41.4 Å². The van der Waals surface area contributed by atoms with Crippen LogP contribution in [0.25, 0.3) is 11.4 Å². The van der Waals surface area contributed by atoms with Crippen molar-refractivity contribution in [2.75, 3.05) is 13.1 Å². The van der Waals surface area contributed by atoms with Gasteiger partial charge in [0.2, 0.25) is 5.91 Å². The van der Waals surface area contributed by atoms with Crippen molar-refractivity contribution in [1.29, 1.82) is 0 Å². The van der Waals surface area contributed by atoms with Gasteiger partial charge in [0.1, 0.15) is 5.60 Å². The molecule has 25 heavy (non-hydrogen) atoms. The summed E-state index contributed by atoms with van der Waals surface area (Å²) in [6.07, 6.45) is 6.36. The number of nitrogens with zero attached hydrogens (tertiary/aromatic N) is 3. The number of rotatable bonds is 2. The molecule has 0 unspecified atom stereocenters. The smallest absolute Gasteiger partial charge is 0.225 e. The second-order valence-corrected chi connectivity index (χ2v) is 7.38. The Morgan fingerprint density at radius 2 is 1.92 bits per heavy atom. The first kappa shape index (κ1) is 15.0. The monoisotopic (exact) mass is 335 g/mol. The molecule has 0 N–H and O–H groups in total. The minimum atomic E-state index is -0.376. The molecule has 2 aromatic rings. The van der Waals surface area contributed by atoms with Crippen LogP contribution < -0.4 is 0 Å². The van der Waals surface area contributed by atoms with E-state index in [9.17, 15) is 4.79 Å². The number of fused-ring (bicyclic) bond motifs is 2. The van der Waals surface area contributed by atoms with Crippen molar-refractivity contribution in [3.05, 3.63) is 47.8 Å². The molecule has 5 heteroatoms. The maximum absolute atomic E-state index is 12.6. The fourth-order valence-electron chi connectivity index (χ4n) is 4.34. The number of hydrogen-bond donors (Lipinski definition) is 0. The molecule has 0 bridgehead atoms. The Bertz CT molecular complexity index is 809. The van der Waals surface area contributed by atoms with Gasteiger partial charge in [-0.05, 0) is 12.8 Å². The predicted octanol–water partition coefficient (Wildman–Crippen LogP) is 2.90. The summed E-state index contributed by atoms with van der Waals surface area (Å²) in [5.74, 6) is 1.27. The Hall–Kier alpha value is -2.27. The van der Waals surface area contributed by atoms with Gasteiger partial charge >= 0.3 is 0 Å². The van der Waals surface area contributed by atoms with E-state index < -0.39 is 0 Å². The molecule has 5 rings (SSSR count). The zero-order valence-electron chi connectivity index (χ0n) is 14.1. The molecule has 1 saturated carbocycles. The maximum Gasteiger partial charge on any atom is 0.225 e. The molecule has 1 aromatic heterocycles. The summed E-state index contributed by atoms with van der Waals surface area (Å²) in [6, 6.07) is 9.99. The van der Waals surface area contributed by atoms with E-state index in [4.69, 9.17) is 9.72 Å². The molecular weight excluding hydrogens is 314 g/mol. The molecule has 1 saturated heterocycles. The Balaban J connectivity index is 1.35. The minimum absolute atomic E-state index is 0.231. The zero-order valence-corrected chi connectivity index (χ0v) is 14.1. The summed E-state index contributed by atoms with van der Waals surface area (Å²) in [7, 11) is 0. The highest BCUT2D eigenvalue weighted by atomic mass is 16.5. The largest absolute Gasteiger partial charge is 0.360 e. The summed E-state index contributed by atoms with van der Waals surface area (Å²) in [6.45, 7) is 1.79. The Kier molecular flexibility index (Phi) is 3.38. The average Bonchev–Trinajstić information content (AvgIpc) is 3.28. The highest BCUT2D eigenvalue weighted by molar-refractivity contribution is 5.80. The maximum atomic E-state index is 12.6. The van der Waals surface area contributed by atoms with Crippen LogP contribution in [-0.4, -0.2) is 33.9 Å². The van der Waals surface area contributed by atoms with Crippen LogP contribution in [0, 0.1) is 5.92 Å². The first-order valence-corrected chi connectivity index (χ1v) is 9.10. The van der Waals surface area contributed by atoms with Crippen molar-refractivity contribution < 1.29 is 9.53 Å². The lowest BCUT2D eigenvalue weighted by atomic mass is 9.86. The molecule has 1 aromatic carbocycles. The number of likely N-dealkylation sites (tertiary alicyclic amines) is 1. The molecule has 1 spiro atoms. The molecule has 2 fully saturated rings. The fraction of sp³-hybridized carbons (Fsp3) is 0.450. The van der Waals surface area contributed by atoms with Gasteiger partial charge in [-0.1, -0.05) is 43.2 Å². The van der Waals surface area contributed by atoms with E-state index in [1.165, 1.54) is 12.8 Å². The number of hydrogen-bond acceptors (Lipinski definition) is 4. The van der Waals surface area contributed by atoms with Crippen LogP contribution >= 0.6 is 0 Å². The van der Waals surface area contributed by atoms with Gasteiger partial charge in [-0.2, -0.15) is 0 Å². The van der Waals surface area contributed by atoms with Crippen LogP contribution in [0.15, 0.2) is 36.5 Å². The van der Waals surface area contributed by atoms with E-state index in [0.717, 1.165) is 35.5 Å². The Morgan fingerprint density at radius 1 is 1.16 bits per heavy atom. The second kappa shape index (κ2) is 5.63. The highest BCUT2D eigenvalue weighted by Gasteiger charge is 2.53. The molecule has 3 heterocycles. The van der Waals surface area contributed by atoms with Crippen molar-refractivity contribution in [3.8, 4) is 11.4 Å². The number of carbonyl (C=O) groups excluding carboxylic acids is 1. The summed E-state index contributed by atoms with van der Waals surface area (Å²) >= 11 is 0. The van der Waals surface area contributed by atoms with Gasteiger partial charge < -0.3 is 9.64 Å². The third-order valence-electron chi connectivity index (χ3n) is 5.78. The zero-order chi connectivity index (χ0) is 16.9. The van der Waals surface area contributed by atoms with Crippen LogP contribution in [0.5, 0.6) is 0 Å². The lowest BCUT2D eigenvalue weighted by Crippen LogP contribution is -2.62. The van der Waals surface area contributed by atoms with Crippen LogP contribution in [-0.2, 0) is 21.7 Å². The van der Waals surface area contributed by atoms with Crippen molar-refractivity contribution >= 4 is 5.91 Å². The first-order chi connectivity index (χ1) is 12.3. The molecule has 2 aliphatic heterocycles. The van der Waals surface area contributed by atoms with Crippen LogP contribution in [0.1, 0.15) is 36.9 Å². The molecule has 0 radical (unpaired) electrons. The minimum Gasteiger partial charge on any atom is -0.360 e. The molecule has 128 valence electrons. The van der Waals surface area contributed by atoms with Gasteiger partial charge in [0.15, 0.2) is 5.82 Å². The van der Waals surface area contributed by atoms with Crippen LogP contribution in [0.4, 0.5) is 0 Å². The molecule has 3 aliphatic rings. The fourth-order valence-corrected chi connectivity index (χ4v) is 4.34. The topological polar surface area (TPSA) is 55.3 Å². The predicted molar refractivity (Wildman–Crippen MR) is 92.5 cm³/mol. The van der Waals surface area contributed by atoms with Crippen LogP contribution in [0.3, 0.4) is 0 Å². The number of ether oxygens (including phenoxy) is 1. The summed E-state index contributed by atoms with van der Waals surface area (Å²) in [4.78, 5) is 23.8. The van der Waals surface area contributed by atoms with Crippen LogP contribution in [0.2, 0.25) is 0 Å². The SMILES string of the molecule is O=C(C1CCCC1)N1CC2(C1)OCc1nc(-c3ccccc3)ncc12. The number of amides is 1. The Morgan fingerprint density at radius 3 is 2.68 bits per heavy atom. The quantitative estimate of drug-likeness (QED) is 0.847. The Labute approximate surface area is 147 Å².